The van der Waals surface area contributed by atoms with Crippen molar-refractivity contribution in [3.05, 3.63) is 0 Å². The lowest BCUT2D eigenvalue weighted by Gasteiger charge is -2.04. The predicted molar refractivity (Wildman–Crippen MR) is 126 cm³/mol. The first-order valence-corrected chi connectivity index (χ1v) is 13.8. The zero-order valence-electron chi connectivity index (χ0n) is 18.7. The zero-order valence-corrected chi connectivity index (χ0v) is 19.5. The Labute approximate surface area is 172 Å². The molecule has 26 heavy (non-hydrogen) atoms. The van der Waals surface area contributed by atoms with Crippen LogP contribution < -0.4 is 0 Å². The van der Waals surface area contributed by atoms with E-state index in [-0.39, 0.29) is 0 Å². The molecular formula is C25H52S. The molecule has 0 aliphatic rings. The summed E-state index contributed by atoms with van der Waals surface area (Å²) in [5.41, 5.74) is 0. The average molecular weight is 385 g/mol. The lowest BCUT2D eigenvalue weighted by molar-refractivity contribution is 0.520. The molecule has 0 saturated heterocycles. The minimum absolute atomic E-state index is 1.36. The monoisotopic (exact) mass is 384 g/mol. The van der Waals surface area contributed by atoms with Crippen molar-refractivity contribution in [3.8, 4) is 0 Å². The smallest absolute Gasteiger partial charge is 0.00703 e. The Morgan fingerprint density at radius 2 is 0.577 bits per heavy atom. The number of hydrogen-bond donors (Lipinski definition) is 0. The molecule has 0 saturated carbocycles. The van der Waals surface area contributed by atoms with E-state index in [1.807, 2.05) is 11.8 Å². The molecule has 0 aromatic heterocycles. The first-order valence-electron chi connectivity index (χ1n) is 12.4. The second-order valence-corrected chi connectivity index (χ2v) is 9.40. The van der Waals surface area contributed by atoms with Crippen LogP contribution in [0.5, 0.6) is 0 Å². The lowest BCUT2D eigenvalue weighted by Crippen LogP contribution is -1.84. The number of unbranched alkanes of at least 4 members (excludes halogenated alkanes) is 21. The third-order valence-electron chi connectivity index (χ3n) is 5.70. The summed E-state index contributed by atoms with van der Waals surface area (Å²) in [5, 5.41) is 0. The van der Waals surface area contributed by atoms with Gasteiger partial charge in [0.25, 0.3) is 0 Å². The predicted octanol–water partition coefficient (Wildman–Crippen LogP) is 9.95. The fraction of sp³-hybridized carbons (Fsp3) is 1.00. The largest absolute Gasteiger partial charge is 0.165 e. The molecule has 0 spiro atoms. The molecule has 0 aliphatic carbocycles. The highest BCUT2D eigenvalue weighted by Gasteiger charge is 1.95. The highest BCUT2D eigenvalue weighted by molar-refractivity contribution is 7.98. The molecule has 0 aromatic carbocycles. The fourth-order valence-corrected chi connectivity index (χ4v) is 4.35. The van der Waals surface area contributed by atoms with Gasteiger partial charge in [-0.05, 0) is 18.4 Å². The zero-order chi connectivity index (χ0) is 19.0. The van der Waals surface area contributed by atoms with Gasteiger partial charge in [0, 0.05) is 0 Å². The van der Waals surface area contributed by atoms with Crippen molar-refractivity contribution in [2.45, 2.75) is 148 Å². The van der Waals surface area contributed by atoms with Gasteiger partial charge in [0.15, 0.2) is 0 Å². The average Bonchev–Trinajstić information content (AvgIpc) is 2.66. The summed E-state index contributed by atoms with van der Waals surface area (Å²) in [6.45, 7) is 2.30. The van der Waals surface area contributed by atoms with Crippen molar-refractivity contribution in [1.82, 2.24) is 0 Å². The Kier molecular flexibility index (Phi) is 25.7. The van der Waals surface area contributed by atoms with E-state index < -0.39 is 0 Å². The second kappa shape index (κ2) is 25.4. The van der Waals surface area contributed by atoms with Crippen LogP contribution >= 0.6 is 11.8 Å². The van der Waals surface area contributed by atoms with E-state index in [9.17, 15) is 0 Å². The molecule has 0 fully saturated rings. The molecule has 0 aliphatic heterocycles. The summed E-state index contributed by atoms with van der Waals surface area (Å²) in [6, 6.07) is 0. The highest BCUT2D eigenvalue weighted by atomic mass is 32.2. The molecule has 0 bridgehead atoms. The molecule has 0 amide bonds. The molecular weight excluding hydrogens is 332 g/mol. The first-order chi connectivity index (χ1) is 12.9. The van der Waals surface area contributed by atoms with Crippen LogP contribution in [0.4, 0.5) is 0 Å². The fourth-order valence-electron chi connectivity index (χ4n) is 3.86. The van der Waals surface area contributed by atoms with Crippen LogP contribution in [0.15, 0.2) is 0 Å². The lowest BCUT2D eigenvalue weighted by atomic mass is 10.0. The van der Waals surface area contributed by atoms with Gasteiger partial charge in [0.1, 0.15) is 0 Å². The number of rotatable bonds is 23. The summed E-state index contributed by atoms with van der Waals surface area (Å²) in [4.78, 5) is 0. The minimum Gasteiger partial charge on any atom is -0.165 e. The maximum Gasteiger partial charge on any atom is -0.00703 e. The topological polar surface area (TPSA) is 0 Å². The van der Waals surface area contributed by atoms with Gasteiger partial charge < -0.3 is 0 Å². The third-order valence-corrected chi connectivity index (χ3v) is 6.40. The molecule has 0 radical (unpaired) electrons. The standard InChI is InChI=1S/C25H52S/c1-3-4-5-6-7-8-9-10-11-12-13-14-15-16-17-18-19-20-21-22-23-24-25-26-2/h3-25H2,1-2H3. The second-order valence-electron chi connectivity index (χ2n) is 8.42. The van der Waals surface area contributed by atoms with Gasteiger partial charge in [-0.15, -0.1) is 0 Å². The SMILES string of the molecule is CCCCCCCCCCCCCCCCCCCCCCCCSC. The van der Waals surface area contributed by atoms with Crippen LogP contribution in [0.2, 0.25) is 0 Å². The van der Waals surface area contributed by atoms with Crippen molar-refractivity contribution >= 4 is 11.8 Å². The summed E-state index contributed by atoms with van der Waals surface area (Å²) < 4.78 is 0. The molecule has 0 rings (SSSR count). The van der Waals surface area contributed by atoms with Crippen LogP contribution in [0.25, 0.3) is 0 Å². The van der Waals surface area contributed by atoms with Crippen LogP contribution in [0.3, 0.4) is 0 Å². The summed E-state index contributed by atoms with van der Waals surface area (Å²) >= 11 is 1.99. The number of thioether (sulfide) groups is 1. The normalized spacial score (nSPS) is 11.3. The Bertz CT molecular complexity index is 202. The van der Waals surface area contributed by atoms with Gasteiger partial charge in [-0.1, -0.05) is 142 Å². The van der Waals surface area contributed by atoms with E-state index in [0.29, 0.717) is 0 Å². The van der Waals surface area contributed by atoms with E-state index >= 15 is 0 Å². The Morgan fingerprint density at radius 3 is 0.808 bits per heavy atom. The molecule has 0 unspecified atom stereocenters. The maximum atomic E-state index is 2.30. The summed E-state index contributed by atoms with van der Waals surface area (Å²) in [6.07, 6.45) is 34.7. The van der Waals surface area contributed by atoms with Crippen LogP contribution in [-0.2, 0) is 0 Å². The van der Waals surface area contributed by atoms with Gasteiger partial charge in [-0.3, -0.25) is 0 Å². The molecule has 0 N–H and O–H groups in total. The van der Waals surface area contributed by atoms with Crippen molar-refractivity contribution < 1.29 is 0 Å². The molecule has 0 aromatic rings. The highest BCUT2D eigenvalue weighted by Crippen LogP contribution is 2.15. The van der Waals surface area contributed by atoms with Crippen LogP contribution in [0.1, 0.15) is 148 Å². The quantitative estimate of drug-likeness (QED) is 0.158. The van der Waals surface area contributed by atoms with Gasteiger partial charge in [0.2, 0.25) is 0 Å². The first kappa shape index (κ1) is 26.4. The molecule has 0 heterocycles. The van der Waals surface area contributed by atoms with Crippen molar-refractivity contribution in [3.63, 3.8) is 0 Å². The van der Waals surface area contributed by atoms with E-state index in [1.165, 1.54) is 147 Å². The van der Waals surface area contributed by atoms with Gasteiger partial charge in [0.05, 0.1) is 0 Å². The molecule has 1 heteroatoms. The molecule has 158 valence electrons. The third kappa shape index (κ3) is 24.4. The van der Waals surface area contributed by atoms with E-state index in [1.54, 1.807) is 0 Å². The van der Waals surface area contributed by atoms with Crippen molar-refractivity contribution in [2.75, 3.05) is 12.0 Å². The van der Waals surface area contributed by atoms with E-state index in [0.717, 1.165) is 0 Å². The van der Waals surface area contributed by atoms with Crippen LogP contribution in [-0.4, -0.2) is 12.0 Å². The summed E-state index contributed by atoms with van der Waals surface area (Å²) in [5.74, 6) is 1.36. The van der Waals surface area contributed by atoms with Gasteiger partial charge in [-0.2, -0.15) is 11.8 Å². The molecule has 0 nitrogen and oxygen atoms in total. The molecule has 0 atom stereocenters. The van der Waals surface area contributed by atoms with Gasteiger partial charge in [-0.25, -0.2) is 0 Å². The van der Waals surface area contributed by atoms with Crippen molar-refractivity contribution in [1.29, 1.82) is 0 Å². The van der Waals surface area contributed by atoms with Crippen LogP contribution in [0, 0.1) is 0 Å². The van der Waals surface area contributed by atoms with Gasteiger partial charge >= 0.3 is 0 Å². The Hall–Kier alpha value is 0.350. The van der Waals surface area contributed by atoms with E-state index in [4.69, 9.17) is 0 Å². The van der Waals surface area contributed by atoms with Crippen molar-refractivity contribution in [2.24, 2.45) is 0 Å². The Balaban J connectivity index is 2.95. The number of hydrogen-bond acceptors (Lipinski definition) is 1. The minimum atomic E-state index is 1.36. The van der Waals surface area contributed by atoms with E-state index in [2.05, 4.69) is 13.2 Å². The Morgan fingerprint density at radius 1 is 0.346 bits per heavy atom. The maximum absolute atomic E-state index is 2.30. The summed E-state index contributed by atoms with van der Waals surface area (Å²) in [7, 11) is 0.